The number of hydrogen-bond acceptors (Lipinski definition) is 3. The minimum atomic E-state index is -0.430. The van der Waals surface area contributed by atoms with Crippen LogP contribution in [-0.2, 0) is 0 Å². The van der Waals surface area contributed by atoms with E-state index in [0.717, 1.165) is 38.5 Å². The summed E-state index contributed by atoms with van der Waals surface area (Å²) in [6.45, 7) is 13.7. The smallest absolute Gasteiger partial charge is 0.0783 e. The lowest BCUT2D eigenvalue weighted by molar-refractivity contribution is -0.0777. The lowest BCUT2D eigenvalue weighted by Crippen LogP contribution is -2.55. The number of aliphatic hydroxyl groups excluding tert-OH is 3. The second-order valence-electron chi connectivity index (χ2n) is 12.2. The number of rotatable bonds is 6. The van der Waals surface area contributed by atoms with Gasteiger partial charge in [-0.15, -0.1) is 0 Å². The summed E-state index contributed by atoms with van der Waals surface area (Å²) in [7, 11) is 0. The van der Waals surface area contributed by atoms with Crippen molar-refractivity contribution in [1.82, 2.24) is 0 Å². The molecule has 9 atom stereocenters. The van der Waals surface area contributed by atoms with Crippen molar-refractivity contribution in [2.24, 2.45) is 46.3 Å². The highest BCUT2D eigenvalue weighted by Crippen LogP contribution is 2.66. The number of hydrogen-bond donors (Lipinski definition) is 3. The Labute approximate surface area is 190 Å². The van der Waals surface area contributed by atoms with Gasteiger partial charge in [0.05, 0.1) is 18.8 Å². The SMILES string of the molecule is C=C(CC[C@@H](C)[C@H]1CC[C@H]2[C@@H]3CC[C@@H]4C[C@@H](O)CC[C@]4(CO)C3=C[C@H](O)[C@]12C)C(C)C. The molecule has 0 heterocycles. The van der Waals surface area contributed by atoms with E-state index in [1.165, 1.54) is 30.4 Å². The molecule has 3 saturated carbocycles. The van der Waals surface area contributed by atoms with Crippen LogP contribution in [0.3, 0.4) is 0 Å². The number of fused-ring (bicyclic) bond motifs is 5. The molecule has 0 unspecified atom stereocenters. The predicted molar refractivity (Wildman–Crippen MR) is 126 cm³/mol. The number of allylic oxidation sites excluding steroid dienone is 1. The van der Waals surface area contributed by atoms with Gasteiger partial charge in [0.2, 0.25) is 0 Å². The lowest BCUT2D eigenvalue weighted by atomic mass is 9.47. The van der Waals surface area contributed by atoms with Crippen molar-refractivity contribution in [3.8, 4) is 0 Å². The fourth-order valence-corrected chi connectivity index (χ4v) is 8.47. The molecular formula is C28H46O3. The van der Waals surface area contributed by atoms with Gasteiger partial charge in [-0.25, -0.2) is 0 Å². The molecule has 0 radical (unpaired) electrons. The third kappa shape index (κ3) is 3.67. The summed E-state index contributed by atoms with van der Waals surface area (Å²) >= 11 is 0. The maximum atomic E-state index is 11.6. The van der Waals surface area contributed by atoms with Crippen LogP contribution in [0.5, 0.6) is 0 Å². The molecule has 0 aromatic heterocycles. The van der Waals surface area contributed by atoms with Crippen LogP contribution in [0.4, 0.5) is 0 Å². The van der Waals surface area contributed by atoms with Gasteiger partial charge in [0.25, 0.3) is 0 Å². The zero-order valence-electron chi connectivity index (χ0n) is 20.3. The summed E-state index contributed by atoms with van der Waals surface area (Å²) in [4.78, 5) is 0. The molecule has 0 aromatic rings. The minimum Gasteiger partial charge on any atom is -0.395 e. The highest BCUT2D eigenvalue weighted by atomic mass is 16.3. The van der Waals surface area contributed by atoms with Gasteiger partial charge in [-0.1, -0.05) is 51.5 Å². The minimum absolute atomic E-state index is 0.0651. The van der Waals surface area contributed by atoms with Crippen LogP contribution in [0.15, 0.2) is 23.8 Å². The molecule has 3 heteroatoms. The van der Waals surface area contributed by atoms with Gasteiger partial charge in [-0.3, -0.25) is 0 Å². The van der Waals surface area contributed by atoms with Crippen molar-refractivity contribution >= 4 is 0 Å². The Morgan fingerprint density at radius 3 is 2.55 bits per heavy atom. The summed E-state index contributed by atoms with van der Waals surface area (Å²) in [5, 5.41) is 32.4. The Bertz CT molecular complexity index is 711. The second kappa shape index (κ2) is 8.61. The van der Waals surface area contributed by atoms with E-state index >= 15 is 0 Å². The second-order valence-corrected chi connectivity index (χ2v) is 12.2. The molecule has 0 amide bonds. The summed E-state index contributed by atoms with van der Waals surface area (Å²) in [6, 6.07) is 0. The Hall–Kier alpha value is -0.640. The first-order valence-electron chi connectivity index (χ1n) is 13.0. The molecule has 0 spiro atoms. The molecule has 4 aliphatic carbocycles. The van der Waals surface area contributed by atoms with Crippen LogP contribution in [0, 0.1) is 46.3 Å². The van der Waals surface area contributed by atoms with Crippen LogP contribution in [0.1, 0.15) is 85.5 Å². The van der Waals surface area contributed by atoms with E-state index < -0.39 is 6.10 Å². The predicted octanol–water partition coefficient (Wildman–Crippen LogP) is 5.50. The molecule has 0 aromatic carbocycles. The van der Waals surface area contributed by atoms with Crippen molar-refractivity contribution in [2.45, 2.75) is 97.7 Å². The van der Waals surface area contributed by atoms with Crippen LogP contribution >= 0.6 is 0 Å². The first kappa shape index (κ1) is 23.5. The first-order chi connectivity index (χ1) is 14.6. The Morgan fingerprint density at radius 2 is 1.87 bits per heavy atom. The highest BCUT2D eigenvalue weighted by molar-refractivity contribution is 5.32. The quantitative estimate of drug-likeness (QED) is 0.488. The summed E-state index contributed by atoms with van der Waals surface area (Å²) in [5.74, 6) is 3.04. The van der Waals surface area contributed by atoms with Gasteiger partial charge in [0, 0.05) is 10.8 Å². The van der Waals surface area contributed by atoms with Crippen LogP contribution in [0.25, 0.3) is 0 Å². The zero-order valence-corrected chi connectivity index (χ0v) is 20.3. The molecule has 3 N–H and O–H groups in total. The average Bonchev–Trinajstić information content (AvgIpc) is 3.10. The maximum Gasteiger partial charge on any atom is 0.0783 e. The Balaban J connectivity index is 1.59. The van der Waals surface area contributed by atoms with Crippen LogP contribution in [0.2, 0.25) is 0 Å². The van der Waals surface area contributed by atoms with Crippen LogP contribution < -0.4 is 0 Å². The Morgan fingerprint density at radius 1 is 1.13 bits per heavy atom. The highest BCUT2D eigenvalue weighted by Gasteiger charge is 2.61. The fourth-order valence-electron chi connectivity index (χ4n) is 8.47. The van der Waals surface area contributed by atoms with Gasteiger partial charge in [-0.05, 0) is 93.3 Å². The largest absolute Gasteiger partial charge is 0.395 e. The third-order valence-electron chi connectivity index (χ3n) is 10.6. The van der Waals surface area contributed by atoms with Gasteiger partial charge >= 0.3 is 0 Å². The van der Waals surface area contributed by atoms with E-state index in [2.05, 4.69) is 40.3 Å². The van der Waals surface area contributed by atoms with E-state index in [0.29, 0.717) is 35.5 Å². The monoisotopic (exact) mass is 430 g/mol. The molecule has 3 fully saturated rings. The molecule has 0 bridgehead atoms. The lowest BCUT2D eigenvalue weighted by Gasteiger charge is -2.58. The fraction of sp³-hybridized carbons (Fsp3) is 0.857. The molecule has 3 nitrogen and oxygen atoms in total. The van der Waals surface area contributed by atoms with E-state index in [4.69, 9.17) is 0 Å². The van der Waals surface area contributed by atoms with Crippen molar-refractivity contribution in [3.63, 3.8) is 0 Å². The first-order valence-corrected chi connectivity index (χ1v) is 13.0. The molecule has 176 valence electrons. The molecule has 0 aliphatic heterocycles. The van der Waals surface area contributed by atoms with Gasteiger partial charge in [0.15, 0.2) is 0 Å². The third-order valence-corrected chi connectivity index (χ3v) is 10.6. The van der Waals surface area contributed by atoms with E-state index in [-0.39, 0.29) is 23.5 Å². The Kier molecular flexibility index (Phi) is 6.53. The van der Waals surface area contributed by atoms with E-state index in [9.17, 15) is 15.3 Å². The van der Waals surface area contributed by atoms with Crippen molar-refractivity contribution < 1.29 is 15.3 Å². The molecule has 31 heavy (non-hydrogen) atoms. The van der Waals surface area contributed by atoms with Crippen molar-refractivity contribution in [1.29, 1.82) is 0 Å². The van der Waals surface area contributed by atoms with E-state index in [1.807, 2.05) is 0 Å². The average molecular weight is 431 g/mol. The maximum absolute atomic E-state index is 11.6. The van der Waals surface area contributed by atoms with E-state index in [1.54, 1.807) is 0 Å². The molecule has 4 aliphatic rings. The standard InChI is InChI=1S/C28H46O3/c1-17(2)18(3)6-7-19(4)23-10-11-24-22-9-8-20-14-21(30)12-13-28(20,16-29)25(22)15-26(31)27(23,24)5/h15,17,19-24,26,29-31H,3,6-14,16H2,1-2,4-5H3/t19-,20-,21+,22+,23-,24+,26+,27-,28-/m1/s1. The summed E-state index contributed by atoms with van der Waals surface area (Å²) < 4.78 is 0. The van der Waals surface area contributed by atoms with Crippen LogP contribution in [-0.4, -0.2) is 34.1 Å². The molecule has 4 rings (SSSR count). The number of aliphatic hydroxyl groups is 3. The zero-order chi connectivity index (χ0) is 22.6. The molecule has 0 saturated heterocycles. The summed E-state index contributed by atoms with van der Waals surface area (Å²) in [5.41, 5.74) is 2.43. The normalized spacial score (nSPS) is 45.5. The van der Waals surface area contributed by atoms with Crippen molar-refractivity contribution in [2.75, 3.05) is 6.61 Å². The van der Waals surface area contributed by atoms with Gasteiger partial charge < -0.3 is 15.3 Å². The van der Waals surface area contributed by atoms with Gasteiger partial charge in [0.1, 0.15) is 0 Å². The van der Waals surface area contributed by atoms with Crippen molar-refractivity contribution in [3.05, 3.63) is 23.8 Å². The summed E-state index contributed by atoms with van der Waals surface area (Å²) in [6.07, 6.45) is 10.9. The van der Waals surface area contributed by atoms with Gasteiger partial charge in [-0.2, -0.15) is 0 Å². The topological polar surface area (TPSA) is 60.7 Å². The molecular weight excluding hydrogens is 384 g/mol.